The lowest BCUT2D eigenvalue weighted by Crippen LogP contribution is -2.20. The molecule has 0 aliphatic rings. The van der Waals surface area contributed by atoms with Crippen molar-refractivity contribution < 1.29 is 5.11 Å². The second-order valence-corrected chi connectivity index (χ2v) is 3.84. The van der Waals surface area contributed by atoms with Crippen LogP contribution >= 0.6 is 0 Å². The maximum absolute atomic E-state index is 8.95. The summed E-state index contributed by atoms with van der Waals surface area (Å²) in [6.07, 6.45) is 1.05. The minimum absolute atomic E-state index is 0.00618. The summed E-state index contributed by atoms with van der Waals surface area (Å²) in [5, 5.41) is 15.3. The zero-order valence-electron chi connectivity index (χ0n) is 10.1. The molecule has 0 aliphatic carbocycles. The van der Waals surface area contributed by atoms with Crippen molar-refractivity contribution in [2.75, 3.05) is 23.8 Å². The first-order chi connectivity index (χ1) is 7.65. The van der Waals surface area contributed by atoms with Gasteiger partial charge in [-0.1, -0.05) is 6.92 Å². The molecule has 5 heteroatoms. The second-order valence-electron chi connectivity index (χ2n) is 3.84. The predicted octanol–water partition coefficient (Wildman–Crippen LogP) is 1.40. The van der Waals surface area contributed by atoms with Crippen molar-refractivity contribution in [1.29, 1.82) is 0 Å². The molecule has 1 aromatic heterocycles. The largest absolute Gasteiger partial charge is 0.394 e. The molecule has 3 N–H and O–H groups in total. The monoisotopic (exact) mass is 224 g/mol. The topological polar surface area (TPSA) is 70.1 Å². The van der Waals surface area contributed by atoms with Gasteiger partial charge in [0.2, 0.25) is 0 Å². The highest BCUT2D eigenvalue weighted by Crippen LogP contribution is 2.11. The van der Waals surface area contributed by atoms with E-state index in [0.717, 1.165) is 24.6 Å². The number of aryl methyl sites for hydroxylation is 1. The van der Waals surface area contributed by atoms with E-state index >= 15 is 0 Å². The number of aliphatic hydroxyl groups is 1. The van der Waals surface area contributed by atoms with Crippen molar-refractivity contribution in [3.05, 3.63) is 11.9 Å². The van der Waals surface area contributed by atoms with E-state index in [9.17, 15) is 0 Å². The summed E-state index contributed by atoms with van der Waals surface area (Å²) < 4.78 is 0. The van der Waals surface area contributed by atoms with Gasteiger partial charge in [0.05, 0.1) is 6.61 Å². The van der Waals surface area contributed by atoms with Crippen molar-refractivity contribution in [2.24, 2.45) is 0 Å². The van der Waals surface area contributed by atoms with Crippen molar-refractivity contribution in [2.45, 2.75) is 33.2 Å². The number of aliphatic hydroxyl groups excluding tert-OH is 1. The number of aromatic nitrogens is 2. The molecule has 0 aliphatic heterocycles. The maximum Gasteiger partial charge on any atom is 0.132 e. The zero-order chi connectivity index (χ0) is 12.0. The molecular formula is C11H20N4O. The van der Waals surface area contributed by atoms with Gasteiger partial charge in [-0.3, -0.25) is 0 Å². The van der Waals surface area contributed by atoms with Gasteiger partial charge in [-0.05, 0) is 20.3 Å². The van der Waals surface area contributed by atoms with Crippen LogP contribution in [0.25, 0.3) is 0 Å². The van der Waals surface area contributed by atoms with Crippen LogP contribution in [0, 0.1) is 6.92 Å². The zero-order valence-corrected chi connectivity index (χ0v) is 10.1. The average Bonchev–Trinajstić information content (AvgIpc) is 2.25. The molecule has 1 aromatic rings. The van der Waals surface area contributed by atoms with E-state index in [1.165, 1.54) is 0 Å². The minimum Gasteiger partial charge on any atom is -0.394 e. The fourth-order valence-corrected chi connectivity index (χ4v) is 1.28. The number of anilines is 2. The number of nitrogens with zero attached hydrogens (tertiary/aromatic N) is 2. The van der Waals surface area contributed by atoms with Gasteiger partial charge in [0.25, 0.3) is 0 Å². The third kappa shape index (κ3) is 4.02. The summed E-state index contributed by atoms with van der Waals surface area (Å²) in [7, 11) is 0. The summed E-state index contributed by atoms with van der Waals surface area (Å²) >= 11 is 0. The Bertz CT molecular complexity index is 330. The number of hydrogen-bond acceptors (Lipinski definition) is 5. The van der Waals surface area contributed by atoms with Crippen LogP contribution in [0.1, 0.15) is 26.1 Å². The van der Waals surface area contributed by atoms with Crippen LogP contribution in [-0.2, 0) is 0 Å². The fraction of sp³-hybridized carbons (Fsp3) is 0.636. The van der Waals surface area contributed by atoms with Crippen LogP contribution < -0.4 is 10.6 Å². The lowest BCUT2D eigenvalue weighted by atomic mass is 10.3. The molecule has 0 spiro atoms. The van der Waals surface area contributed by atoms with Gasteiger partial charge < -0.3 is 15.7 Å². The summed E-state index contributed by atoms with van der Waals surface area (Å²) in [5.74, 6) is 2.28. The van der Waals surface area contributed by atoms with E-state index in [1.54, 1.807) is 0 Å². The molecule has 1 atom stereocenters. The maximum atomic E-state index is 8.95. The first-order valence-corrected chi connectivity index (χ1v) is 5.62. The van der Waals surface area contributed by atoms with Gasteiger partial charge in [0.15, 0.2) is 0 Å². The third-order valence-corrected chi connectivity index (χ3v) is 2.06. The van der Waals surface area contributed by atoms with Gasteiger partial charge in [-0.15, -0.1) is 0 Å². The molecule has 16 heavy (non-hydrogen) atoms. The highest BCUT2D eigenvalue weighted by atomic mass is 16.3. The Morgan fingerprint density at radius 1 is 1.38 bits per heavy atom. The summed E-state index contributed by atoms with van der Waals surface area (Å²) in [6, 6.07) is 1.85. The molecule has 0 saturated heterocycles. The Kier molecular flexibility index (Phi) is 4.98. The molecule has 0 amide bonds. The molecule has 0 radical (unpaired) electrons. The number of rotatable bonds is 6. The summed E-state index contributed by atoms with van der Waals surface area (Å²) in [4.78, 5) is 8.54. The van der Waals surface area contributed by atoms with Crippen LogP contribution in [0.3, 0.4) is 0 Å². The smallest absolute Gasteiger partial charge is 0.132 e. The van der Waals surface area contributed by atoms with Crippen LogP contribution in [0.4, 0.5) is 11.6 Å². The number of hydrogen-bond donors (Lipinski definition) is 3. The van der Waals surface area contributed by atoms with Crippen molar-refractivity contribution in [1.82, 2.24) is 9.97 Å². The Labute approximate surface area is 96.3 Å². The van der Waals surface area contributed by atoms with Crippen LogP contribution in [0.2, 0.25) is 0 Å². The lowest BCUT2D eigenvalue weighted by molar-refractivity contribution is 0.281. The Morgan fingerprint density at radius 2 is 2.06 bits per heavy atom. The first-order valence-electron chi connectivity index (χ1n) is 5.62. The minimum atomic E-state index is -0.00618. The van der Waals surface area contributed by atoms with E-state index in [-0.39, 0.29) is 12.6 Å². The van der Waals surface area contributed by atoms with Gasteiger partial charge in [0, 0.05) is 18.7 Å². The van der Waals surface area contributed by atoms with E-state index in [2.05, 4.69) is 27.5 Å². The van der Waals surface area contributed by atoms with Crippen LogP contribution in [0.5, 0.6) is 0 Å². The molecule has 1 heterocycles. The molecule has 90 valence electrons. The standard InChI is InChI=1S/C11H20N4O/c1-4-5-12-10-6-11(13-8(2)7-16)15-9(3)14-10/h6,8,16H,4-5,7H2,1-3H3,(H2,12,13,14,15). The van der Waals surface area contributed by atoms with Crippen molar-refractivity contribution in [3.8, 4) is 0 Å². The Balaban J connectivity index is 2.73. The second kappa shape index (κ2) is 6.27. The van der Waals surface area contributed by atoms with Crippen molar-refractivity contribution >= 4 is 11.6 Å². The molecule has 0 aromatic carbocycles. The lowest BCUT2D eigenvalue weighted by Gasteiger charge is -2.13. The molecule has 5 nitrogen and oxygen atoms in total. The van der Waals surface area contributed by atoms with E-state index in [1.807, 2.05) is 19.9 Å². The Morgan fingerprint density at radius 3 is 2.69 bits per heavy atom. The highest BCUT2D eigenvalue weighted by molar-refractivity contribution is 5.47. The van der Waals surface area contributed by atoms with Gasteiger partial charge in [0.1, 0.15) is 17.5 Å². The number of nitrogens with one attached hydrogen (secondary N) is 2. The predicted molar refractivity (Wildman–Crippen MR) is 65.7 cm³/mol. The first kappa shape index (κ1) is 12.7. The molecule has 0 saturated carbocycles. The van der Waals surface area contributed by atoms with Gasteiger partial charge in [-0.25, -0.2) is 9.97 Å². The highest BCUT2D eigenvalue weighted by Gasteiger charge is 2.04. The van der Waals surface area contributed by atoms with E-state index in [0.29, 0.717) is 5.82 Å². The SMILES string of the molecule is CCCNc1cc(NC(C)CO)nc(C)n1. The summed E-state index contributed by atoms with van der Waals surface area (Å²) in [5.41, 5.74) is 0. The van der Waals surface area contributed by atoms with E-state index < -0.39 is 0 Å². The fourth-order valence-electron chi connectivity index (χ4n) is 1.28. The Hall–Kier alpha value is -1.36. The molecule has 0 bridgehead atoms. The molecule has 1 rings (SSSR count). The molecule has 1 unspecified atom stereocenters. The third-order valence-electron chi connectivity index (χ3n) is 2.06. The quantitative estimate of drug-likeness (QED) is 0.681. The molecule has 0 fully saturated rings. The van der Waals surface area contributed by atoms with E-state index in [4.69, 9.17) is 5.11 Å². The molecular weight excluding hydrogens is 204 g/mol. The van der Waals surface area contributed by atoms with Crippen LogP contribution in [-0.4, -0.2) is 34.3 Å². The normalized spacial score (nSPS) is 12.2. The van der Waals surface area contributed by atoms with Gasteiger partial charge in [-0.2, -0.15) is 0 Å². The van der Waals surface area contributed by atoms with Crippen LogP contribution in [0.15, 0.2) is 6.07 Å². The average molecular weight is 224 g/mol. The summed E-state index contributed by atoms with van der Waals surface area (Å²) in [6.45, 7) is 6.84. The van der Waals surface area contributed by atoms with Gasteiger partial charge >= 0.3 is 0 Å². The van der Waals surface area contributed by atoms with Crippen molar-refractivity contribution in [3.63, 3.8) is 0 Å².